The lowest BCUT2D eigenvalue weighted by atomic mass is 10.1. The Kier molecular flexibility index (Phi) is 5.88. The number of rotatable bonds is 6. The molecule has 0 radical (unpaired) electrons. The number of carbonyl (C=O) groups is 1. The predicted molar refractivity (Wildman–Crippen MR) is 90.6 cm³/mol. The Bertz CT molecular complexity index is 704. The largest absolute Gasteiger partial charge is 0.486 e. The van der Waals surface area contributed by atoms with E-state index in [1.165, 1.54) is 0 Å². The third-order valence-corrected chi connectivity index (χ3v) is 4.12. The van der Waals surface area contributed by atoms with Crippen LogP contribution < -0.4 is 10.1 Å². The van der Waals surface area contributed by atoms with Crippen molar-refractivity contribution < 1.29 is 18.8 Å². The maximum absolute atomic E-state index is 12.2. The summed E-state index contributed by atoms with van der Waals surface area (Å²) in [7, 11) is 0. The summed E-state index contributed by atoms with van der Waals surface area (Å²) in [6, 6.07) is 5.17. The number of hydrogen-bond acceptors (Lipinski definition) is 6. The predicted octanol–water partition coefficient (Wildman–Crippen LogP) is 2.32. The van der Waals surface area contributed by atoms with Crippen molar-refractivity contribution >= 4 is 17.5 Å². The molecule has 3 heterocycles. The summed E-state index contributed by atoms with van der Waals surface area (Å²) in [4.78, 5) is 16.4. The van der Waals surface area contributed by atoms with Crippen LogP contribution in [0.3, 0.4) is 0 Å². The van der Waals surface area contributed by atoms with Gasteiger partial charge in [0.15, 0.2) is 5.15 Å². The fourth-order valence-electron chi connectivity index (χ4n) is 2.61. The third kappa shape index (κ3) is 5.17. The second-order valence-electron chi connectivity index (χ2n) is 5.95. The molecule has 134 valence electrons. The number of nitrogens with one attached hydrogen (secondary N) is 1. The molecule has 1 aliphatic heterocycles. The molecule has 0 aromatic carbocycles. The minimum absolute atomic E-state index is 0.0985. The number of carbonyl (C=O) groups excluding carboxylic acids is 1. The van der Waals surface area contributed by atoms with Crippen molar-refractivity contribution in [3.63, 3.8) is 0 Å². The van der Waals surface area contributed by atoms with E-state index < -0.39 is 0 Å². The maximum Gasteiger partial charge on any atom is 0.220 e. The number of aromatic nitrogens is 2. The molecule has 0 spiro atoms. The Morgan fingerprint density at radius 1 is 1.48 bits per heavy atom. The third-order valence-electron chi connectivity index (χ3n) is 3.94. The number of hydrogen-bond donors (Lipinski definition) is 1. The highest BCUT2D eigenvalue weighted by molar-refractivity contribution is 6.29. The van der Waals surface area contributed by atoms with Crippen LogP contribution in [0.15, 0.2) is 28.9 Å². The van der Waals surface area contributed by atoms with E-state index in [-0.39, 0.29) is 29.6 Å². The normalized spacial score (nSPS) is 20.2. The van der Waals surface area contributed by atoms with Gasteiger partial charge in [-0.15, -0.1) is 0 Å². The van der Waals surface area contributed by atoms with Crippen LogP contribution in [-0.2, 0) is 16.0 Å². The second kappa shape index (κ2) is 8.31. The molecule has 0 aliphatic carbocycles. The van der Waals surface area contributed by atoms with E-state index in [4.69, 9.17) is 25.6 Å². The first-order chi connectivity index (χ1) is 12.1. The molecule has 2 aromatic rings. The molecule has 3 rings (SSSR count). The Hall–Kier alpha value is -2.12. The van der Waals surface area contributed by atoms with Gasteiger partial charge in [-0.3, -0.25) is 9.78 Å². The molecule has 1 N–H and O–H groups in total. The molecule has 2 atom stereocenters. The van der Waals surface area contributed by atoms with Gasteiger partial charge in [0.25, 0.3) is 0 Å². The minimum Gasteiger partial charge on any atom is -0.486 e. The lowest BCUT2D eigenvalue weighted by molar-refractivity contribution is -0.124. The van der Waals surface area contributed by atoms with Crippen molar-refractivity contribution in [3.8, 4) is 5.75 Å². The maximum atomic E-state index is 12.2. The molecule has 1 saturated heterocycles. The van der Waals surface area contributed by atoms with E-state index in [1.807, 2.05) is 19.1 Å². The van der Waals surface area contributed by atoms with E-state index in [0.717, 1.165) is 5.69 Å². The fraction of sp³-hybridized carbons (Fsp3) is 0.471. The van der Waals surface area contributed by atoms with Gasteiger partial charge in [-0.05, 0) is 19.1 Å². The number of halogens is 1. The monoisotopic (exact) mass is 365 g/mol. The van der Waals surface area contributed by atoms with Gasteiger partial charge in [0.1, 0.15) is 17.6 Å². The highest BCUT2D eigenvalue weighted by atomic mass is 35.5. The van der Waals surface area contributed by atoms with Gasteiger partial charge in [0.2, 0.25) is 5.91 Å². The van der Waals surface area contributed by atoms with E-state index in [1.54, 1.807) is 12.3 Å². The van der Waals surface area contributed by atoms with Crippen molar-refractivity contribution in [2.45, 2.75) is 38.3 Å². The average Bonchev–Trinajstić information content (AvgIpc) is 3.02. The lowest BCUT2D eigenvalue weighted by Gasteiger charge is -2.32. The SMILES string of the molecule is Cc1ccc(O[C@H]2CCOC[C@H]2NC(=O)CCc2cc(Cl)no2)cn1. The van der Waals surface area contributed by atoms with Crippen molar-refractivity contribution in [2.24, 2.45) is 0 Å². The van der Waals surface area contributed by atoms with E-state index >= 15 is 0 Å². The van der Waals surface area contributed by atoms with Gasteiger partial charge in [0, 0.05) is 31.0 Å². The lowest BCUT2D eigenvalue weighted by Crippen LogP contribution is -2.51. The molecular formula is C17H20ClN3O4. The van der Waals surface area contributed by atoms with Gasteiger partial charge in [-0.1, -0.05) is 16.8 Å². The summed E-state index contributed by atoms with van der Waals surface area (Å²) in [6.07, 6.45) is 2.96. The highest BCUT2D eigenvalue weighted by Gasteiger charge is 2.29. The first-order valence-electron chi connectivity index (χ1n) is 8.17. The zero-order chi connectivity index (χ0) is 17.6. The van der Waals surface area contributed by atoms with Crippen LogP contribution in [0.1, 0.15) is 24.3 Å². The van der Waals surface area contributed by atoms with Crippen molar-refractivity contribution in [1.29, 1.82) is 0 Å². The average molecular weight is 366 g/mol. The number of aryl methyl sites for hydroxylation is 2. The topological polar surface area (TPSA) is 86.5 Å². The highest BCUT2D eigenvalue weighted by Crippen LogP contribution is 2.18. The quantitative estimate of drug-likeness (QED) is 0.845. The van der Waals surface area contributed by atoms with E-state index in [0.29, 0.717) is 37.6 Å². The minimum atomic E-state index is -0.208. The fourth-order valence-corrected chi connectivity index (χ4v) is 2.77. The van der Waals surface area contributed by atoms with Gasteiger partial charge in [0.05, 0.1) is 25.5 Å². The van der Waals surface area contributed by atoms with Gasteiger partial charge in [-0.2, -0.15) is 0 Å². The first kappa shape index (κ1) is 17.7. The first-order valence-corrected chi connectivity index (χ1v) is 8.55. The molecule has 0 saturated carbocycles. The Morgan fingerprint density at radius 3 is 3.08 bits per heavy atom. The molecule has 7 nitrogen and oxygen atoms in total. The molecule has 1 aliphatic rings. The molecule has 2 aromatic heterocycles. The van der Waals surface area contributed by atoms with Crippen LogP contribution in [0.25, 0.3) is 0 Å². The summed E-state index contributed by atoms with van der Waals surface area (Å²) in [5, 5.41) is 6.85. The molecule has 0 bridgehead atoms. The smallest absolute Gasteiger partial charge is 0.220 e. The van der Waals surface area contributed by atoms with Gasteiger partial charge in [-0.25, -0.2) is 0 Å². The van der Waals surface area contributed by atoms with Crippen LogP contribution >= 0.6 is 11.6 Å². The summed E-state index contributed by atoms with van der Waals surface area (Å²) in [5.74, 6) is 1.17. The van der Waals surface area contributed by atoms with Crippen molar-refractivity contribution in [3.05, 3.63) is 41.0 Å². The van der Waals surface area contributed by atoms with Crippen LogP contribution in [0.5, 0.6) is 5.75 Å². The van der Waals surface area contributed by atoms with Gasteiger partial charge >= 0.3 is 0 Å². The zero-order valence-corrected chi connectivity index (χ0v) is 14.7. The second-order valence-corrected chi connectivity index (χ2v) is 6.33. The van der Waals surface area contributed by atoms with E-state index in [2.05, 4.69) is 15.5 Å². The van der Waals surface area contributed by atoms with Crippen LogP contribution in [0, 0.1) is 6.92 Å². The Balaban J connectivity index is 1.53. The number of pyridine rings is 1. The summed E-state index contributed by atoms with van der Waals surface area (Å²) >= 11 is 5.69. The number of ether oxygens (including phenoxy) is 2. The van der Waals surface area contributed by atoms with E-state index in [9.17, 15) is 4.79 Å². The summed E-state index contributed by atoms with van der Waals surface area (Å²) in [6.45, 7) is 2.94. The number of nitrogens with zero attached hydrogens (tertiary/aromatic N) is 2. The molecule has 25 heavy (non-hydrogen) atoms. The van der Waals surface area contributed by atoms with Crippen LogP contribution in [-0.4, -0.2) is 41.4 Å². The molecule has 1 amide bonds. The molecule has 8 heteroatoms. The van der Waals surface area contributed by atoms with Gasteiger partial charge < -0.3 is 19.3 Å². The number of amides is 1. The molecule has 0 unspecified atom stereocenters. The molecular weight excluding hydrogens is 346 g/mol. The van der Waals surface area contributed by atoms with Crippen molar-refractivity contribution in [1.82, 2.24) is 15.5 Å². The summed E-state index contributed by atoms with van der Waals surface area (Å²) < 4.78 is 16.5. The summed E-state index contributed by atoms with van der Waals surface area (Å²) in [5.41, 5.74) is 0.927. The zero-order valence-electron chi connectivity index (χ0n) is 13.9. The van der Waals surface area contributed by atoms with Crippen LogP contribution in [0.4, 0.5) is 0 Å². The van der Waals surface area contributed by atoms with Crippen molar-refractivity contribution in [2.75, 3.05) is 13.2 Å². The Labute approximate surface area is 150 Å². The molecule has 1 fully saturated rings. The standard InChI is InChI=1S/C17H20ClN3O4/c1-11-2-3-13(9-19-11)24-15-6-7-23-10-14(15)20-17(22)5-4-12-8-16(18)21-25-12/h2-3,8-9,14-15H,4-7,10H2,1H3,(H,20,22)/t14-,15+/m1/s1. The van der Waals surface area contributed by atoms with Crippen LogP contribution in [0.2, 0.25) is 5.15 Å². The Morgan fingerprint density at radius 2 is 2.36 bits per heavy atom.